The highest BCUT2D eigenvalue weighted by Gasteiger charge is 2.28. The minimum absolute atomic E-state index is 0. The maximum atomic E-state index is 12.8. The molecule has 0 spiro atoms. The Hall–Kier alpha value is -1.92. The van der Waals surface area contributed by atoms with Crippen LogP contribution in [0.25, 0.3) is 11.5 Å². The van der Waals surface area contributed by atoms with Crippen LogP contribution >= 0.6 is 12.4 Å². The van der Waals surface area contributed by atoms with Gasteiger partial charge in [0.15, 0.2) is 5.82 Å². The van der Waals surface area contributed by atoms with Gasteiger partial charge in [-0.15, -0.1) is 12.4 Å². The van der Waals surface area contributed by atoms with E-state index >= 15 is 0 Å². The van der Waals surface area contributed by atoms with Crippen molar-refractivity contribution in [3.05, 3.63) is 35.7 Å². The van der Waals surface area contributed by atoms with Crippen molar-refractivity contribution in [2.24, 2.45) is 0 Å². The topological polar surface area (TPSA) is 62.5 Å². The molecule has 2 aromatic rings. The summed E-state index contributed by atoms with van der Waals surface area (Å²) in [4.78, 5) is 21.6. The number of halogens is 1. The van der Waals surface area contributed by atoms with Gasteiger partial charge >= 0.3 is 0 Å². The van der Waals surface area contributed by atoms with Crippen LogP contribution in [0.4, 0.5) is 0 Å². The summed E-state index contributed by atoms with van der Waals surface area (Å²) in [5.74, 6) is 1.21. The molecule has 2 fully saturated rings. The molecule has 26 heavy (non-hydrogen) atoms. The van der Waals surface area contributed by atoms with Crippen molar-refractivity contribution in [2.75, 3.05) is 26.2 Å². The Morgan fingerprint density at radius 1 is 1.08 bits per heavy atom. The predicted molar refractivity (Wildman–Crippen MR) is 101 cm³/mol. The third-order valence-electron chi connectivity index (χ3n) is 5.32. The highest BCUT2D eigenvalue weighted by Crippen LogP contribution is 2.26. The number of carbonyl (C=O) groups is 1. The predicted octanol–water partition coefficient (Wildman–Crippen LogP) is 3.17. The van der Waals surface area contributed by atoms with Crippen molar-refractivity contribution in [1.29, 1.82) is 0 Å². The summed E-state index contributed by atoms with van der Waals surface area (Å²) in [6.45, 7) is 5.56. The number of aromatic nitrogens is 2. The van der Waals surface area contributed by atoms with Crippen molar-refractivity contribution in [2.45, 2.75) is 38.6 Å². The second kappa shape index (κ2) is 8.18. The number of hydrogen-bond acceptors (Lipinski definition) is 5. The molecule has 0 bridgehead atoms. The molecule has 2 heterocycles. The van der Waals surface area contributed by atoms with Gasteiger partial charge in [0.1, 0.15) is 0 Å². The lowest BCUT2D eigenvalue weighted by Gasteiger charge is -2.36. The first-order chi connectivity index (χ1) is 12.2. The van der Waals surface area contributed by atoms with Crippen LogP contribution in [0.3, 0.4) is 0 Å². The third-order valence-corrected chi connectivity index (χ3v) is 5.32. The van der Waals surface area contributed by atoms with Crippen molar-refractivity contribution in [3.63, 3.8) is 0 Å². The summed E-state index contributed by atoms with van der Waals surface area (Å²) in [5.41, 5.74) is 1.56. The summed E-state index contributed by atoms with van der Waals surface area (Å²) in [5, 5.41) is 3.80. The van der Waals surface area contributed by atoms with Crippen LogP contribution in [0.1, 0.15) is 41.9 Å². The van der Waals surface area contributed by atoms with E-state index in [1.165, 1.54) is 19.3 Å². The summed E-state index contributed by atoms with van der Waals surface area (Å²) in [6.07, 6.45) is 5.06. The van der Waals surface area contributed by atoms with E-state index in [0.717, 1.165) is 49.8 Å². The molecule has 0 N–H and O–H groups in total. The quantitative estimate of drug-likeness (QED) is 0.823. The Balaban J connectivity index is 0.00000196. The maximum absolute atomic E-state index is 12.8. The Morgan fingerprint density at radius 3 is 2.46 bits per heavy atom. The molecule has 1 aliphatic carbocycles. The van der Waals surface area contributed by atoms with Gasteiger partial charge in [0.25, 0.3) is 11.8 Å². The molecule has 2 aliphatic rings. The Bertz CT molecular complexity index is 742. The molecular formula is C19H25ClN4O2. The molecule has 0 atom stereocenters. The van der Waals surface area contributed by atoms with Crippen LogP contribution in [0.15, 0.2) is 28.8 Å². The number of nitrogens with zero attached hydrogens (tertiary/aromatic N) is 4. The van der Waals surface area contributed by atoms with Crippen molar-refractivity contribution < 1.29 is 9.32 Å². The van der Waals surface area contributed by atoms with Crippen molar-refractivity contribution >= 4 is 18.3 Å². The molecule has 7 heteroatoms. The minimum atomic E-state index is 0. The van der Waals surface area contributed by atoms with E-state index in [2.05, 4.69) is 15.0 Å². The van der Waals surface area contributed by atoms with Gasteiger partial charge in [-0.25, -0.2) is 0 Å². The lowest BCUT2D eigenvalue weighted by atomic mass is 9.91. The standard InChI is InChI=1S/C19H24N4O2.ClH/c1-14-20-18(25-21-14)15-6-8-16(9-7-15)19(24)23-11-3-10-22(12-13-23)17-4-2-5-17;/h6-9,17H,2-5,10-13H2,1H3;1H. The van der Waals surface area contributed by atoms with Crippen LogP contribution in [-0.4, -0.2) is 58.1 Å². The highest BCUT2D eigenvalue weighted by molar-refractivity contribution is 5.94. The zero-order valence-corrected chi connectivity index (χ0v) is 15.9. The van der Waals surface area contributed by atoms with E-state index < -0.39 is 0 Å². The van der Waals surface area contributed by atoms with Gasteiger partial charge in [-0.1, -0.05) is 11.6 Å². The van der Waals surface area contributed by atoms with Gasteiger partial charge in [-0.2, -0.15) is 4.98 Å². The number of hydrogen-bond donors (Lipinski definition) is 0. The fourth-order valence-electron chi connectivity index (χ4n) is 3.61. The first-order valence-electron chi connectivity index (χ1n) is 9.15. The number of amides is 1. The molecule has 1 aliphatic heterocycles. The largest absolute Gasteiger partial charge is 0.337 e. The molecule has 6 nitrogen and oxygen atoms in total. The van der Waals surface area contributed by atoms with E-state index in [1.54, 1.807) is 6.92 Å². The molecule has 4 rings (SSSR count). The number of aryl methyl sites for hydroxylation is 1. The molecule has 1 aromatic heterocycles. The van der Waals surface area contributed by atoms with E-state index in [0.29, 0.717) is 11.7 Å². The first-order valence-corrected chi connectivity index (χ1v) is 9.15. The Kier molecular flexibility index (Phi) is 5.94. The zero-order chi connectivity index (χ0) is 17.2. The summed E-state index contributed by atoms with van der Waals surface area (Å²) in [6, 6.07) is 8.21. The molecule has 140 valence electrons. The van der Waals surface area contributed by atoms with Gasteiger partial charge in [-0.05, 0) is 50.5 Å². The van der Waals surface area contributed by atoms with E-state index in [4.69, 9.17) is 4.52 Å². The van der Waals surface area contributed by atoms with Gasteiger partial charge in [0, 0.05) is 43.3 Å². The minimum Gasteiger partial charge on any atom is -0.337 e. The lowest BCUT2D eigenvalue weighted by Crippen LogP contribution is -2.42. The van der Waals surface area contributed by atoms with Crippen molar-refractivity contribution in [1.82, 2.24) is 19.9 Å². The second-order valence-electron chi connectivity index (χ2n) is 6.99. The smallest absolute Gasteiger partial charge is 0.257 e. The van der Waals surface area contributed by atoms with Crippen LogP contribution in [0.2, 0.25) is 0 Å². The van der Waals surface area contributed by atoms with Crippen LogP contribution in [0.5, 0.6) is 0 Å². The Morgan fingerprint density at radius 2 is 1.85 bits per heavy atom. The van der Waals surface area contributed by atoms with Crippen molar-refractivity contribution in [3.8, 4) is 11.5 Å². The van der Waals surface area contributed by atoms with E-state index in [-0.39, 0.29) is 18.3 Å². The van der Waals surface area contributed by atoms with E-state index in [9.17, 15) is 4.79 Å². The number of benzene rings is 1. The molecule has 0 radical (unpaired) electrons. The summed E-state index contributed by atoms with van der Waals surface area (Å²) in [7, 11) is 0. The fourth-order valence-corrected chi connectivity index (χ4v) is 3.61. The van der Waals surface area contributed by atoms with E-state index in [1.807, 2.05) is 29.2 Å². The Labute approximate surface area is 160 Å². The van der Waals surface area contributed by atoms with Gasteiger partial charge in [0.2, 0.25) is 0 Å². The fraction of sp³-hybridized carbons (Fsp3) is 0.526. The highest BCUT2D eigenvalue weighted by atomic mass is 35.5. The first kappa shape index (κ1) is 18.9. The maximum Gasteiger partial charge on any atom is 0.257 e. The summed E-state index contributed by atoms with van der Waals surface area (Å²) < 4.78 is 5.17. The van der Waals surface area contributed by atoms with Crippen LogP contribution in [0, 0.1) is 6.92 Å². The average molecular weight is 377 g/mol. The molecular weight excluding hydrogens is 352 g/mol. The number of rotatable bonds is 3. The third kappa shape index (κ3) is 3.91. The SMILES string of the molecule is Cc1noc(-c2ccc(C(=O)N3CCCN(C4CCC4)CC3)cc2)n1.Cl. The molecule has 0 unspecified atom stereocenters. The molecule has 1 aromatic carbocycles. The average Bonchev–Trinajstić information content (AvgIpc) is 2.87. The molecule has 1 saturated heterocycles. The number of carbonyl (C=O) groups excluding carboxylic acids is 1. The van der Waals surface area contributed by atoms with Gasteiger partial charge in [-0.3, -0.25) is 9.69 Å². The normalized spacial score (nSPS) is 18.7. The van der Waals surface area contributed by atoms with Crippen LogP contribution < -0.4 is 0 Å². The lowest BCUT2D eigenvalue weighted by molar-refractivity contribution is 0.0749. The second-order valence-corrected chi connectivity index (χ2v) is 6.99. The monoisotopic (exact) mass is 376 g/mol. The molecule has 1 saturated carbocycles. The van der Waals surface area contributed by atoms with Gasteiger partial charge in [0.05, 0.1) is 0 Å². The van der Waals surface area contributed by atoms with Gasteiger partial charge < -0.3 is 9.42 Å². The molecule has 1 amide bonds. The zero-order valence-electron chi connectivity index (χ0n) is 15.1. The summed E-state index contributed by atoms with van der Waals surface area (Å²) >= 11 is 0. The van der Waals surface area contributed by atoms with Crippen LogP contribution in [-0.2, 0) is 0 Å².